The van der Waals surface area contributed by atoms with Gasteiger partial charge in [-0.3, -0.25) is 9.59 Å². The van der Waals surface area contributed by atoms with Crippen LogP contribution in [0.15, 0.2) is 36.7 Å². The van der Waals surface area contributed by atoms with Crippen LogP contribution < -0.4 is 0 Å². The number of amides is 1. The SMILES string of the molecule is C[C@H](C(=O)N1CCC(c2cn(C)c3ncc(CC(=O)c4cccc(C#N)c4)c(C(F)(F)F)c23)CC1)C(C)(C)C. The van der Waals surface area contributed by atoms with Gasteiger partial charge in [0.25, 0.3) is 0 Å². The molecule has 0 aliphatic carbocycles. The van der Waals surface area contributed by atoms with Gasteiger partial charge in [-0.05, 0) is 47.4 Å². The van der Waals surface area contributed by atoms with Crippen LogP contribution in [0.25, 0.3) is 11.0 Å². The molecule has 0 saturated carbocycles. The first-order valence-electron chi connectivity index (χ1n) is 13.1. The van der Waals surface area contributed by atoms with Crippen LogP contribution in [0.2, 0.25) is 0 Å². The Hall–Kier alpha value is -3.67. The number of Topliss-reactive ketones (excluding diaryl/α,β-unsaturated/α-hetero) is 1. The zero-order valence-corrected chi connectivity index (χ0v) is 22.9. The number of pyridine rings is 1. The van der Waals surface area contributed by atoms with E-state index in [1.165, 1.54) is 24.3 Å². The first-order chi connectivity index (χ1) is 18.2. The summed E-state index contributed by atoms with van der Waals surface area (Å²) in [5, 5.41) is 9.15. The second-order valence-electron chi connectivity index (χ2n) is 11.5. The van der Waals surface area contributed by atoms with Gasteiger partial charge < -0.3 is 9.47 Å². The van der Waals surface area contributed by atoms with Crippen molar-refractivity contribution in [2.75, 3.05) is 13.1 Å². The maximum Gasteiger partial charge on any atom is 0.417 e. The number of likely N-dealkylation sites (tertiary alicyclic amines) is 1. The summed E-state index contributed by atoms with van der Waals surface area (Å²) in [6.45, 7) is 8.93. The summed E-state index contributed by atoms with van der Waals surface area (Å²) in [6.07, 6.45) is -1.27. The van der Waals surface area contributed by atoms with Crippen LogP contribution in [-0.4, -0.2) is 39.2 Å². The van der Waals surface area contributed by atoms with Crippen molar-refractivity contribution >= 4 is 22.7 Å². The number of alkyl halides is 3. The van der Waals surface area contributed by atoms with Crippen LogP contribution in [0.3, 0.4) is 0 Å². The highest BCUT2D eigenvalue weighted by Gasteiger charge is 2.40. The van der Waals surface area contributed by atoms with Crippen LogP contribution in [0.5, 0.6) is 0 Å². The number of hydrogen-bond acceptors (Lipinski definition) is 4. The number of nitrogens with zero attached hydrogens (tertiary/aromatic N) is 4. The molecule has 39 heavy (non-hydrogen) atoms. The van der Waals surface area contributed by atoms with Crippen molar-refractivity contribution in [3.63, 3.8) is 0 Å². The molecule has 0 spiro atoms. The van der Waals surface area contributed by atoms with Gasteiger partial charge in [-0.1, -0.05) is 39.8 Å². The lowest BCUT2D eigenvalue weighted by Crippen LogP contribution is -2.43. The maximum absolute atomic E-state index is 14.6. The first-order valence-corrected chi connectivity index (χ1v) is 13.1. The number of piperidine rings is 1. The fourth-order valence-electron chi connectivity index (χ4n) is 5.28. The lowest BCUT2D eigenvalue weighted by molar-refractivity contribution is -0.139. The topological polar surface area (TPSA) is 79.0 Å². The largest absolute Gasteiger partial charge is 0.417 e. The van der Waals surface area contributed by atoms with E-state index in [4.69, 9.17) is 5.26 Å². The van der Waals surface area contributed by atoms with Crippen LogP contribution in [0, 0.1) is 22.7 Å². The molecule has 6 nitrogen and oxygen atoms in total. The predicted octanol–water partition coefficient (Wildman–Crippen LogP) is 6.28. The molecule has 1 saturated heterocycles. The Morgan fingerprint density at radius 3 is 2.44 bits per heavy atom. The van der Waals surface area contributed by atoms with Gasteiger partial charge in [0.1, 0.15) is 5.65 Å². The summed E-state index contributed by atoms with van der Waals surface area (Å²) in [6, 6.07) is 7.88. The van der Waals surface area contributed by atoms with Gasteiger partial charge in [-0.15, -0.1) is 0 Å². The minimum atomic E-state index is -4.71. The number of fused-ring (bicyclic) bond motifs is 1. The lowest BCUT2D eigenvalue weighted by atomic mass is 9.80. The van der Waals surface area contributed by atoms with Gasteiger partial charge in [-0.25, -0.2) is 4.98 Å². The number of ketones is 1. The second-order valence-corrected chi connectivity index (χ2v) is 11.5. The molecule has 2 aromatic heterocycles. The predicted molar refractivity (Wildman–Crippen MR) is 142 cm³/mol. The molecule has 9 heteroatoms. The molecule has 0 bridgehead atoms. The number of carbonyl (C=O) groups is 2. The molecule has 3 aromatic rings. The maximum atomic E-state index is 14.6. The Bertz CT molecular complexity index is 1450. The molecule has 3 heterocycles. The molecule has 0 N–H and O–H groups in total. The summed E-state index contributed by atoms with van der Waals surface area (Å²) in [5.74, 6) is -0.792. The van der Waals surface area contributed by atoms with E-state index in [1.54, 1.807) is 17.8 Å². The molecule has 0 radical (unpaired) electrons. The summed E-state index contributed by atoms with van der Waals surface area (Å²) in [7, 11) is 1.67. The quantitative estimate of drug-likeness (QED) is 0.358. The van der Waals surface area contributed by atoms with E-state index in [0.717, 1.165) is 6.20 Å². The fourth-order valence-corrected chi connectivity index (χ4v) is 5.28. The molecule has 1 atom stereocenters. The zero-order valence-electron chi connectivity index (χ0n) is 22.9. The van der Waals surface area contributed by atoms with E-state index in [-0.39, 0.29) is 50.9 Å². The molecule has 0 unspecified atom stereocenters. The molecular formula is C30H33F3N4O2. The summed E-state index contributed by atoms with van der Waals surface area (Å²) in [5.41, 5.74) is -0.0200. The Morgan fingerprint density at radius 1 is 1.18 bits per heavy atom. The third-order valence-corrected chi connectivity index (χ3v) is 7.96. The summed E-state index contributed by atoms with van der Waals surface area (Å²) >= 11 is 0. The number of hydrogen-bond donors (Lipinski definition) is 0. The van der Waals surface area contributed by atoms with E-state index in [2.05, 4.69) is 4.98 Å². The van der Waals surface area contributed by atoms with Gasteiger partial charge in [0, 0.05) is 55.8 Å². The first kappa shape index (κ1) is 28.3. The molecule has 206 valence electrons. The number of aromatic nitrogens is 2. The molecule has 1 aromatic carbocycles. The van der Waals surface area contributed by atoms with Gasteiger partial charge in [0.15, 0.2) is 5.78 Å². The number of carbonyl (C=O) groups excluding carboxylic acids is 2. The number of rotatable bonds is 5. The minimum Gasteiger partial charge on any atom is -0.342 e. The third-order valence-electron chi connectivity index (χ3n) is 7.96. The van der Waals surface area contributed by atoms with Crippen molar-refractivity contribution in [3.8, 4) is 6.07 Å². The normalized spacial score (nSPS) is 15.8. The van der Waals surface area contributed by atoms with Gasteiger partial charge in [0.05, 0.1) is 17.2 Å². The van der Waals surface area contributed by atoms with E-state index in [0.29, 0.717) is 31.5 Å². The monoisotopic (exact) mass is 538 g/mol. The number of halogens is 3. The standard InChI is InChI=1S/C30H33F3N4O2/c1-18(29(2,3)4)28(39)37-11-9-20(10-12-37)23-17-36(5)27-25(23)26(30(31,32)33)22(16-35-27)14-24(38)21-8-6-7-19(13-21)15-34/h6-8,13,16-18,20H,9-12,14H2,1-5H3/t18-/m1/s1. The Kier molecular flexibility index (Phi) is 7.61. The van der Waals surface area contributed by atoms with Crippen molar-refractivity contribution in [1.29, 1.82) is 5.26 Å². The van der Waals surface area contributed by atoms with E-state index in [1.807, 2.05) is 38.7 Å². The van der Waals surface area contributed by atoms with Crippen LogP contribution in [-0.2, 0) is 24.4 Å². The molecule has 1 fully saturated rings. The zero-order chi connectivity index (χ0) is 28.7. The van der Waals surface area contributed by atoms with Crippen LogP contribution in [0.1, 0.15) is 79.1 Å². The van der Waals surface area contributed by atoms with Gasteiger partial charge in [-0.2, -0.15) is 18.4 Å². The van der Waals surface area contributed by atoms with Crippen molar-refractivity contribution in [3.05, 3.63) is 64.5 Å². The van der Waals surface area contributed by atoms with Crippen molar-refractivity contribution in [2.45, 2.75) is 59.1 Å². The average Bonchev–Trinajstić information content (AvgIpc) is 3.22. The highest BCUT2D eigenvalue weighted by Crippen LogP contribution is 2.43. The van der Waals surface area contributed by atoms with E-state index >= 15 is 0 Å². The Balaban J connectivity index is 1.69. The van der Waals surface area contributed by atoms with Crippen molar-refractivity contribution < 1.29 is 22.8 Å². The van der Waals surface area contributed by atoms with Gasteiger partial charge >= 0.3 is 6.18 Å². The number of aryl methyl sites for hydroxylation is 1. The molecule has 1 amide bonds. The van der Waals surface area contributed by atoms with Crippen LogP contribution >= 0.6 is 0 Å². The fraction of sp³-hybridized carbons (Fsp3) is 0.467. The van der Waals surface area contributed by atoms with E-state index < -0.39 is 23.9 Å². The number of nitriles is 1. The van der Waals surface area contributed by atoms with Gasteiger partial charge in [0.2, 0.25) is 5.91 Å². The van der Waals surface area contributed by atoms with E-state index in [9.17, 15) is 22.8 Å². The Morgan fingerprint density at radius 2 is 1.85 bits per heavy atom. The minimum absolute atomic E-state index is 0.0221. The average molecular weight is 539 g/mol. The summed E-state index contributed by atoms with van der Waals surface area (Å²) < 4.78 is 45.5. The summed E-state index contributed by atoms with van der Waals surface area (Å²) in [4.78, 5) is 32.1. The van der Waals surface area contributed by atoms with Crippen LogP contribution in [0.4, 0.5) is 13.2 Å². The molecular weight excluding hydrogens is 505 g/mol. The van der Waals surface area contributed by atoms with Crippen molar-refractivity contribution in [1.82, 2.24) is 14.5 Å². The molecule has 1 aliphatic heterocycles. The number of benzene rings is 1. The molecule has 4 rings (SSSR count). The third kappa shape index (κ3) is 5.70. The lowest BCUT2D eigenvalue weighted by Gasteiger charge is -2.37. The molecule has 1 aliphatic rings. The smallest absolute Gasteiger partial charge is 0.342 e. The second kappa shape index (κ2) is 10.5. The highest BCUT2D eigenvalue weighted by atomic mass is 19.4. The Labute approximate surface area is 226 Å². The van der Waals surface area contributed by atoms with Crippen molar-refractivity contribution in [2.24, 2.45) is 18.4 Å². The highest BCUT2D eigenvalue weighted by molar-refractivity contribution is 5.99.